The molecule has 2 aromatic rings. The summed E-state index contributed by atoms with van der Waals surface area (Å²) in [4.78, 5) is 0. The number of aromatic nitrogens is 4. The van der Waals surface area contributed by atoms with Gasteiger partial charge in [0.1, 0.15) is 0 Å². The molecule has 0 aliphatic heterocycles. The van der Waals surface area contributed by atoms with Gasteiger partial charge in [0.2, 0.25) is 0 Å². The Balaban J connectivity index is 2.04. The molecule has 0 radical (unpaired) electrons. The van der Waals surface area contributed by atoms with Gasteiger partial charge in [-0.05, 0) is 46.9 Å². The largest absolute Gasteiger partial charge is 0.399 e. The predicted molar refractivity (Wildman–Crippen MR) is 86.7 cm³/mol. The number of nitrogen functional groups attached to an aromatic ring is 1. The summed E-state index contributed by atoms with van der Waals surface area (Å²) in [5.74, 6) is 0.794. The number of rotatable bonds is 2. The lowest BCUT2D eigenvalue weighted by Crippen LogP contribution is -2.31. The van der Waals surface area contributed by atoms with Crippen LogP contribution in [0.3, 0.4) is 0 Å². The lowest BCUT2D eigenvalue weighted by molar-refractivity contribution is 0.132. The zero-order valence-electron chi connectivity index (χ0n) is 12.4. The summed E-state index contributed by atoms with van der Waals surface area (Å²) in [5, 5.41) is 12.4. The smallest absolute Gasteiger partial charge is 0.182 e. The van der Waals surface area contributed by atoms with Gasteiger partial charge in [0.05, 0.1) is 6.04 Å². The van der Waals surface area contributed by atoms with Crippen LogP contribution >= 0.6 is 15.9 Å². The van der Waals surface area contributed by atoms with Crippen molar-refractivity contribution in [2.24, 2.45) is 5.41 Å². The molecule has 1 fully saturated rings. The summed E-state index contributed by atoms with van der Waals surface area (Å²) in [7, 11) is 0. The molecule has 0 bridgehead atoms. The first-order chi connectivity index (χ1) is 9.97. The molecular formula is C15H20BrN5. The van der Waals surface area contributed by atoms with Gasteiger partial charge in [-0.25, -0.2) is 4.68 Å². The second kappa shape index (κ2) is 5.40. The minimum absolute atomic E-state index is 0.208. The van der Waals surface area contributed by atoms with Crippen LogP contribution in [-0.4, -0.2) is 20.2 Å². The molecule has 0 saturated heterocycles. The molecule has 0 spiro atoms. The molecule has 2 N–H and O–H groups in total. The fourth-order valence-corrected chi connectivity index (χ4v) is 3.77. The second-order valence-corrected chi connectivity index (χ2v) is 7.39. The predicted octanol–water partition coefficient (Wildman–Crippen LogP) is 3.83. The molecule has 1 aliphatic carbocycles. The van der Waals surface area contributed by atoms with Crippen molar-refractivity contribution in [3.8, 4) is 11.4 Å². The SMILES string of the molecule is CC1(C)CCCCC1n1nnnc1-c1cc(N)cc(Br)c1. The molecule has 1 aromatic heterocycles. The van der Waals surface area contributed by atoms with Crippen LogP contribution in [0.4, 0.5) is 5.69 Å². The van der Waals surface area contributed by atoms with Crippen LogP contribution in [0.25, 0.3) is 11.4 Å². The fourth-order valence-electron chi connectivity index (χ4n) is 3.26. The highest BCUT2D eigenvalue weighted by molar-refractivity contribution is 9.10. The van der Waals surface area contributed by atoms with Crippen molar-refractivity contribution in [1.82, 2.24) is 20.2 Å². The van der Waals surface area contributed by atoms with Crippen molar-refractivity contribution < 1.29 is 0 Å². The number of nitrogens with zero attached hydrogens (tertiary/aromatic N) is 4. The van der Waals surface area contributed by atoms with E-state index in [0.717, 1.165) is 22.3 Å². The van der Waals surface area contributed by atoms with E-state index in [4.69, 9.17) is 5.73 Å². The zero-order chi connectivity index (χ0) is 15.0. The average Bonchev–Trinajstić information content (AvgIpc) is 2.86. The molecule has 1 aromatic carbocycles. The van der Waals surface area contributed by atoms with E-state index in [1.807, 2.05) is 22.9 Å². The Labute approximate surface area is 133 Å². The van der Waals surface area contributed by atoms with E-state index < -0.39 is 0 Å². The first-order valence-corrected chi connectivity index (χ1v) is 8.11. The molecule has 1 unspecified atom stereocenters. The summed E-state index contributed by atoms with van der Waals surface area (Å²) >= 11 is 3.48. The Morgan fingerprint density at radius 3 is 2.81 bits per heavy atom. The molecule has 6 heteroatoms. The second-order valence-electron chi connectivity index (χ2n) is 6.47. The lowest BCUT2D eigenvalue weighted by Gasteiger charge is -2.38. The van der Waals surface area contributed by atoms with E-state index in [2.05, 4.69) is 45.3 Å². The third-order valence-corrected chi connectivity index (χ3v) is 4.87. The van der Waals surface area contributed by atoms with Gasteiger partial charge in [0, 0.05) is 15.7 Å². The number of hydrogen-bond donors (Lipinski definition) is 1. The van der Waals surface area contributed by atoms with E-state index in [0.29, 0.717) is 11.7 Å². The Kier molecular flexibility index (Phi) is 3.73. The van der Waals surface area contributed by atoms with Crippen molar-refractivity contribution in [2.75, 3.05) is 5.73 Å². The Bertz CT molecular complexity index is 629. The van der Waals surface area contributed by atoms with E-state index in [1.54, 1.807) is 0 Å². The summed E-state index contributed by atoms with van der Waals surface area (Å²) in [5.41, 5.74) is 7.81. The number of tetrazole rings is 1. The minimum Gasteiger partial charge on any atom is -0.399 e. The minimum atomic E-state index is 0.208. The van der Waals surface area contributed by atoms with Crippen LogP contribution in [0.5, 0.6) is 0 Å². The van der Waals surface area contributed by atoms with Crippen LogP contribution in [0.1, 0.15) is 45.6 Å². The molecule has 1 heterocycles. The van der Waals surface area contributed by atoms with Gasteiger partial charge < -0.3 is 5.73 Å². The van der Waals surface area contributed by atoms with Gasteiger partial charge >= 0.3 is 0 Å². The number of halogens is 1. The first-order valence-electron chi connectivity index (χ1n) is 7.32. The number of nitrogens with two attached hydrogens (primary N) is 1. The highest BCUT2D eigenvalue weighted by atomic mass is 79.9. The van der Waals surface area contributed by atoms with E-state index in [-0.39, 0.29) is 5.41 Å². The van der Waals surface area contributed by atoms with Crippen molar-refractivity contribution in [3.63, 3.8) is 0 Å². The first kappa shape index (κ1) is 14.5. The summed E-state index contributed by atoms with van der Waals surface area (Å²) < 4.78 is 2.93. The maximum atomic E-state index is 5.94. The molecule has 112 valence electrons. The summed E-state index contributed by atoms with van der Waals surface area (Å²) in [6.45, 7) is 4.61. The Hall–Kier alpha value is -1.43. The Morgan fingerprint density at radius 2 is 2.10 bits per heavy atom. The molecule has 21 heavy (non-hydrogen) atoms. The van der Waals surface area contributed by atoms with Gasteiger partial charge in [-0.1, -0.05) is 42.6 Å². The van der Waals surface area contributed by atoms with Crippen molar-refractivity contribution >= 4 is 21.6 Å². The van der Waals surface area contributed by atoms with Gasteiger partial charge in [0.25, 0.3) is 0 Å². The summed E-state index contributed by atoms with van der Waals surface area (Å²) in [6, 6.07) is 6.13. The highest BCUT2D eigenvalue weighted by Gasteiger charge is 2.35. The summed E-state index contributed by atoms with van der Waals surface area (Å²) in [6.07, 6.45) is 4.84. The number of hydrogen-bond acceptors (Lipinski definition) is 4. The van der Waals surface area contributed by atoms with Crippen molar-refractivity contribution in [1.29, 1.82) is 0 Å². The molecule has 1 aliphatic rings. The van der Waals surface area contributed by atoms with Crippen LogP contribution < -0.4 is 5.73 Å². The third kappa shape index (κ3) is 2.81. The van der Waals surface area contributed by atoms with E-state index in [9.17, 15) is 0 Å². The maximum Gasteiger partial charge on any atom is 0.182 e. The van der Waals surface area contributed by atoms with Gasteiger partial charge in [-0.3, -0.25) is 0 Å². The Morgan fingerprint density at radius 1 is 1.29 bits per heavy atom. The molecule has 1 saturated carbocycles. The van der Waals surface area contributed by atoms with Crippen LogP contribution in [-0.2, 0) is 0 Å². The van der Waals surface area contributed by atoms with Gasteiger partial charge in [-0.2, -0.15) is 0 Å². The van der Waals surface area contributed by atoms with Gasteiger partial charge in [0.15, 0.2) is 5.82 Å². The third-order valence-electron chi connectivity index (χ3n) is 4.42. The van der Waals surface area contributed by atoms with Crippen LogP contribution in [0, 0.1) is 5.41 Å². The standard InChI is InChI=1S/C15H20BrN5/c1-15(2)6-4-3-5-13(15)21-14(18-19-20-21)10-7-11(16)9-12(17)8-10/h7-9,13H,3-6,17H2,1-2H3. The normalized spacial score (nSPS) is 21.4. The molecule has 0 amide bonds. The lowest BCUT2D eigenvalue weighted by atomic mass is 9.73. The molecule has 1 atom stereocenters. The average molecular weight is 350 g/mol. The fraction of sp³-hybridized carbons (Fsp3) is 0.533. The number of benzene rings is 1. The van der Waals surface area contributed by atoms with Gasteiger partial charge in [-0.15, -0.1) is 5.10 Å². The van der Waals surface area contributed by atoms with Crippen LogP contribution in [0.15, 0.2) is 22.7 Å². The molecule has 3 rings (SSSR count). The monoisotopic (exact) mass is 349 g/mol. The van der Waals surface area contributed by atoms with E-state index >= 15 is 0 Å². The maximum absolute atomic E-state index is 5.94. The topological polar surface area (TPSA) is 69.6 Å². The van der Waals surface area contributed by atoms with E-state index in [1.165, 1.54) is 19.3 Å². The quantitative estimate of drug-likeness (QED) is 0.836. The molecule has 5 nitrogen and oxygen atoms in total. The van der Waals surface area contributed by atoms with Crippen molar-refractivity contribution in [2.45, 2.75) is 45.6 Å². The zero-order valence-corrected chi connectivity index (χ0v) is 14.0. The number of anilines is 1. The van der Waals surface area contributed by atoms with Crippen molar-refractivity contribution in [3.05, 3.63) is 22.7 Å². The molecular weight excluding hydrogens is 330 g/mol. The highest BCUT2D eigenvalue weighted by Crippen LogP contribution is 2.44. The van der Waals surface area contributed by atoms with Crippen LogP contribution in [0.2, 0.25) is 0 Å².